The number of benzene rings is 1. The number of hydrogen-bond acceptors (Lipinski definition) is 3. The molecule has 4 nitrogen and oxygen atoms in total. The van der Waals surface area contributed by atoms with Crippen molar-refractivity contribution in [1.82, 2.24) is 0 Å². The van der Waals surface area contributed by atoms with Gasteiger partial charge in [-0.25, -0.2) is 4.79 Å². The molecule has 0 aromatic heterocycles. The Labute approximate surface area is 113 Å². The average molecular weight is 264 g/mol. The van der Waals surface area contributed by atoms with E-state index in [-0.39, 0.29) is 13.2 Å². The van der Waals surface area contributed by atoms with Gasteiger partial charge in [0, 0.05) is 6.61 Å². The molecule has 0 heterocycles. The average Bonchev–Trinajstić information content (AvgIpc) is 2.60. The van der Waals surface area contributed by atoms with E-state index in [0.29, 0.717) is 12.8 Å². The highest BCUT2D eigenvalue weighted by molar-refractivity contribution is 5.80. The van der Waals surface area contributed by atoms with Crippen LogP contribution in [0.4, 0.5) is 0 Å². The van der Waals surface area contributed by atoms with Gasteiger partial charge in [-0.05, 0) is 43.2 Å². The third-order valence-electron chi connectivity index (χ3n) is 3.67. The minimum absolute atomic E-state index is 0.0113. The Hall–Kier alpha value is -1.39. The third kappa shape index (κ3) is 2.80. The Morgan fingerprint density at radius 3 is 2.84 bits per heavy atom. The summed E-state index contributed by atoms with van der Waals surface area (Å²) < 4.78 is 5.72. The van der Waals surface area contributed by atoms with Crippen molar-refractivity contribution in [2.75, 3.05) is 13.2 Å². The van der Waals surface area contributed by atoms with E-state index in [0.717, 1.165) is 30.4 Å². The lowest BCUT2D eigenvalue weighted by molar-refractivity contribution is -0.169. The van der Waals surface area contributed by atoms with Gasteiger partial charge >= 0.3 is 5.97 Å². The maximum absolute atomic E-state index is 11.8. The molecule has 0 bridgehead atoms. The summed E-state index contributed by atoms with van der Waals surface area (Å²) in [5, 5.41) is 18.5. The number of aliphatic hydroxyl groups is 1. The molecule has 0 saturated carbocycles. The monoisotopic (exact) mass is 264 g/mol. The van der Waals surface area contributed by atoms with E-state index in [1.54, 1.807) is 0 Å². The van der Waals surface area contributed by atoms with Crippen molar-refractivity contribution >= 4 is 5.97 Å². The van der Waals surface area contributed by atoms with Gasteiger partial charge in [-0.2, -0.15) is 0 Å². The molecule has 0 saturated heterocycles. The van der Waals surface area contributed by atoms with Crippen LogP contribution in [-0.4, -0.2) is 29.4 Å². The molecule has 1 aliphatic rings. The van der Waals surface area contributed by atoms with Crippen LogP contribution >= 0.6 is 0 Å². The van der Waals surface area contributed by atoms with Crippen molar-refractivity contribution in [3.05, 3.63) is 35.4 Å². The molecule has 4 heteroatoms. The summed E-state index contributed by atoms with van der Waals surface area (Å²) in [4.78, 5) is 11.8. The van der Waals surface area contributed by atoms with Gasteiger partial charge in [-0.1, -0.05) is 24.3 Å². The number of rotatable bonds is 5. The molecular weight excluding hydrogens is 244 g/mol. The molecule has 1 aromatic carbocycles. The maximum atomic E-state index is 11.8. The molecule has 0 radical (unpaired) electrons. The fraction of sp³-hybridized carbons (Fsp3) is 0.533. The van der Waals surface area contributed by atoms with E-state index in [2.05, 4.69) is 0 Å². The van der Waals surface area contributed by atoms with Gasteiger partial charge in [0.05, 0.1) is 6.61 Å². The lowest BCUT2D eigenvalue weighted by Crippen LogP contribution is -2.39. The highest BCUT2D eigenvalue weighted by Gasteiger charge is 2.43. The summed E-state index contributed by atoms with van der Waals surface area (Å²) in [6.07, 6.45) is 3.66. The summed E-state index contributed by atoms with van der Waals surface area (Å²) in [6, 6.07) is 7.63. The van der Waals surface area contributed by atoms with E-state index in [1.165, 1.54) is 0 Å². The molecule has 0 amide bonds. The summed E-state index contributed by atoms with van der Waals surface area (Å²) in [5.41, 5.74) is 0.590. The normalized spacial score (nSPS) is 22.6. The molecule has 2 rings (SSSR count). The predicted octanol–water partition coefficient (Wildman–Crippen LogP) is 2.09. The van der Waals surface area contributed by atoms with Gasteiger partial charge in [-0.3, -0.25) is 0 Å². The number of fused-ring (bicyclic) bond motifs is 1. The number of aliphatic hydroxyl groups excluding tert-OH is 1. The number of aliphatic carboxylic acids is 1. The summed E-state index contributed by atoms with van der Waals surface area (Å²) in [6.45, 7) is 0.272. The van der Waals surface area contributed by atoms with Gasteiger partial charge in [0.25, 0.3) is 0 Å². The number of carbonyl (C=O) groups is 1. The van der Waals surface area contributed by atoms with Crippen molar-refractivity contribution in [3.8, 4) is 0 Å². The van der Waals surface area contributed by atoms with Gasteiger partial charge < -0.3 is 14.9 Å². The molecule has 1 unspecified atom stereocenters. The SMILES string of the molecule is O=C(O)C1(OCCCO)CCCCc2ccccc21. The standard InChI is InChI=1S/C15H20O4/c16-10-5-11-19-15(14(17)18)9-4-3-7-12-6-1-2-8-13(12)15/h1-2,6,8,16H,3-5,7,9-11H2,(H,17,18). The molecule has 1 aliphatic carbocycles. The fourth-order valence-electron chi connectivity index (χ4n) is 2.70. The Balaban J connectivity index is 2.38. The lowest BCUT2D eigenvalue weighted by atomic mass is 9.87. The van der Waals surface area contributed by atoms with E-state index < -0.39 is 11.6 Å². The minimum atomic E-state index is -1.25. The molecule has 19 heavy (non-hydrogen) atoms. The van der Waals surface area contributed by atoms with Crippen molar-refractivity contribution < 1.29 is 19.7 Å². The van der Waals surface area contributed by atoms with Crippen molar-refractivity contribution in [2.45, 2.75) is 37.7 Å². The Kier molecular flexibility index (Phi) is 4.56. The first-order valence-electron chi connectivity index (χ1n) is 6.77. The highest BCUT2D eigenvalue weighted by atomic mass is 16.5. The molecule has 104 valence electrons. The van der Waals surface area contributed by atoms with E-state index >= 15 is 0 Å². The topological polar surface area (TPSA) is 66.8 Å². The van der Waals surface area contributed by atoms with E-state index in [9.17, 15) is 9.90 Å². The second-order valence-electron chi connectivity index (χ2n) is 4.92. The first-order valence-corrected chi connectivity index (χ1v) is 6.77. The zero-order valence-corrected chi connectivity index (χ0v) is 11.0. The number of hydrogen-bond donors (Lipinski definition) is 2. The van der Waals surface area contributed by atoms with Crippen molar-refractivity contribution in [2.24, 2.45) is 0 Å². The minimum Gasteiger partial charge on any atom is -0.479 e. The smallest absolute Gasteiger partial charge is 0.340 e. The largest absolute Gasteiger partial charge is 0.479 e. The van der Waals surface area contributed by atoms with Crippen molar-refractivity contribution in [1.29, 1.82) is 0 Å². The maximum Gasteiger partial charge on any atom is 0.340 e. The highest BCUT2D eigenvalue weighted by Crippen LogP contribution is 2.37. The third-order valence-corrected chi connectivity index (χ3v) is 3.67. The van der Waals surface area contributed by atoms with Crippen molar-refractivity contribution in [3.63, 3.8) is 0 Å². The van der Waals surface area contributed by atoms with Crippen LogP contribution in [0.3, 0.4) is 0 Å². The molecule has 1 atom stereocenters. The van der Waals surface area contributed by atoms with Gasteiger partial charge in [0.1, 0.15) is 0 Å². The molecule has 0 spiro atoms. The first kappa shape index (κ1) is 14.0. The van der Waals surface area contributed by atoms with Crippen LogP contribution in [0.1, 0.15) is 36.8 Å². The molecule has 0 aliphatic heterocycles. The number of carboxylic acids is 1. The summed E-state index contributed by atoms with van der Waals surface area (Å²) >= 11 is 0. The number of aryl methyl sites for hydroxylation is 1. The predicted molar refractivity (Wildman–Crippen MR) is 71.0 cm³/mol. The van der Waals surface area contributed by atoms with Gasteiger partial charge in [0.2, 0.25) is 0 Å². The zero-order chi connectivity index (χ0) is 13.7. The van der Waals surface area contributed by atoms with Crippen LogP contribution in [0.25, 0.3) is 0 Å². The summed E-state index contributed by atoms with van der Waals surface area (Å²) in [5.74, 6) is -0.931. The van der Waals surface area contributed by atoms with Crippen LogP contribution in [0.15, 0.2) is 24.3 Å². The Bertz CT molecular complexity index is 444. The molecule has 1 aromatic rings. The molecular formula is C15H20O4. The summed E-state index contributed by atoms with van der Waals surface area (Å²) in [7, 11) is 0. The fourth-order valence-corrected chi connectivity index (χ4v) is 2.70. The van der Waals surface area contributed by atoms with Gasteiger partial charge in [-0.15, -0.1) is 0 Å². The second kappa shape index (κ2) is 6.17. The second-order valence-corrected chi connectivity index (χ2v) is 4.92. The number of ether oxygens (including phenoxy) is 1. The van der Waals surface area contributed by atoms with Crippen LogP contribution in [0.2, 0.25) is 0 Å². The first-order chi connectivity index (χ1) is 9.20. The Morgan fingerprint density at radius 1 is 1.32 bits per heavy atom. The zero-order valence-electron chi connectivity index (χ0n) is 11.0. The van der Waals surface area contributed by atoms with Gasteiger partial charge in [0.15, 0.2) is 5.60 Å². The molecule has 0 fully saturated rings. The molecule has 2 N–H and O–H groups in total. The van der Waals surface area contributed by atoms with Crippen LogP contribution < -0.4 is 0 Å². The van der Waals surface area contributed by atoms with E-state index in [1.807, 2.05) is 24.3 Å². The van der Waals surface area contributed by atoms with E-state index in [4.69, 9.17) is 9.84 Å². The van der Waals surface area contributed by atoms with Crippen LogP contribution in [-0.2, 0) is 21.6 Å². The van der Waals surface area contributed by atoms with Crippen LogP contribution in [0, 0.1) is 0 Å². The lowest BCUT2D eigenvalue weighted by Gasteiger charge is -2.30. The van der Waals surface area contributed by atoms with Crippen LogP contribution in [0.5, 0.6) is 0 Å². The quantitative estimate of drug-likeness (QED) is 0.631. The Morgan fingerprint density at radius 2 is 2.11 bits per heavy atom. The number of carboxylic acid groups (broad SMARTS) is 1.